The van der Waals surface area contributed by atoms with Gasteiger partial charge in [0, 0.05) is 29.2 Å². The van der Waals surface area contributed by atoms with Crippen molar-refractivity contribution in [2.75, 3.05) is 10.6 Å². The Hall–Kier alpha value is -5.23. The number of aryl methyl sites for hydroxylation is 1. The number of aliphatic hydroxyl groups excluding tert-OH is 1. The van der Waals surface area contributed by atoms with Crippen molar-refractivity contribution >= 4 is 45.6 Å². The topological polar surface area (TPSA) is 161 Å². The number of anilines is 3. The molecule has 0 saturated carbocycles. The summed E-state index contributed by atoms with van der Waals surface area (Å²) in [6, 6.07) is 17.8. The van der Waals surface area contributed by atoms with Crippen molar-refractivity contribution in [3.05, 3.63) is 98.8 Å². The molecule has 12 heteroatoms. The van der Waals surface area contributed by atoms with Gasteiger partial charge in [0.1, 0.15) is 18.3 Å². The second kappa shape index (κ2) is 11.9. The summed E-state index contributed by atoms with van der Waals surface area (Å²) in [5.74, 6) is -2.04. The van der Waals surface area contributed by atoms with Crippen LogP contribution in [0, 0.1) is 6.92 Å². The predicted octanol–water partition coefficient (Wildman–Crippen LogP) is 2.80. The van der Waals surface area contributed by atoms with E-state index in [1.54, 1.807) is 32.9 Å². The Bertz CT molecular complexity index is 1860. The van der Waals surface area contributed by atoms with Crippen LogP contribution in [0.2, 0.25) is 0 Å². The van der Waals surface area contributed by atoms with Crippen LogP contribution in [-0.4, -0.2) is 44.4 Å². The minimum Gasteiger partial charge on any atom is -0.434 e. The number of benzene rings is 3. The molecule has 2 amide bonds. The molecule has 2 heterocycles. The molecule has 12 nitrogen and oxygen atoms in total. The zero-order chi connectivity index (χ0) is 30.8. The van der Waals surface area contributed by atoms with Gasteiger partial charge in [-0.3, -0.25) is 23.7 Å². The molecule has 0 spiro atoms. The van der Waals surface area contributed by atoms with E-state index in [0.29, 0.717) is 15.7 Å². The van der Waals surface area contributed by atoms with Gasteiger partial charge in [-0.2, -0.15) is 0 Å². The number of hydrogen-bond acceptors (Lipinski definition) is 8. The van der Waals surface area contributed by atoms with Gasteiger partial charge >= 0.3 is 11.7 Å². The van der Waals surface area contributed by atoms with Crippen LogP contribution in [0.25, 0.3) is 10.8 Å². The number of carbonyl (C=O) groups is 3. The zero-order valence-corrected chi connectivity index (χ0v) is 23.8. The molecule has 2 unspecified atom stereocenters. The van der Waals surface area contributed by atoms with Gasteiger partial charge in [-0.05, 0) is 67.4 Å². The van der Waals surface area contributed by atoms with Gasteiger partial charge in [0.15, 0.2) is 0 Å². The molecule has 4 N–H and O–H groups in total. The Morgan fingerprint density at radius 1 is 1.00 bits per heavy atom. The number of fused-ring (bicyclic) bond motifs is 1. The van der Waals surface area contributed by atoms with E-state index < -0.39 is 54.0 Å². The van der Waals surface area contributed by atoms with Gasteiger partial charge in [-0.15, -0.1) is 0 Å². The van der Waals surface area contributed by atoms with E-state index in [2.05, 4.69) is 20.7 Å². The summed E-state index contributed by atoms with van der Waals surface area (Å²) in [6.45, 7) is 4.50. The van der Waals surface area contributed by atoms with Gasteiger partial charge in [0.2, 0.25) is 12.2 Å². The van der Waals surface area contributed by atoms with Crippen LogP contribution < -0.4 is 27.2 Å². The van der Waals surface area contributed by atoms with Gasteiger partial charge in [-0.25, -0.2) is 9.36 Å². The highest BCUT2D eigenvalue weighted by atomic mass is 16.6. The third-order valence-corrected chi connectivity index (χ3v) is 7.14. The maximum absolute atomic E-state index is 13.3. The first-order valence-corrected chi connectivity index (χ1v) is 13.7. The molecule has 43 heavy (non-hydrogen) atoms. The first kappa shape index (κ1) is 29.3. The summed E-state index contributed by atoms with van der Waals surface area (Å²) >= 11 is 0. The molecular formula is C31H31N5O7. The van der Waals surface area contributed by atoms with Crippen LogP contribution in [0.3, 0.4) is 0 Å². The SMILES string of the molecule is Cc1cc(Nc2ccc3ccccc3c2)ccc1C(=O)Nc1cn(C(C)C)c(=O)n(CC(=O)NC2CC(=O)OC2O)c1=O. The summed E-state index contributed by atoms with van der Waals surface area (Å²) < 4.78 is 6.53. The monoisotopic (exact) mass is 585 g/mol. The Morgan fingerprint density at radius 2 is 1.70 bits per heavy atom. The number of amides is 2. The Morgan fingerprint density at radius 3 is 2.37 bits per heavy atom. The van der Waals surface area contributed by atoms with Crippen molar-refractivity contribution in [1.29, 1.82) is 0 Å². The van der Waals surface area contributed by atoms with Crippen molar-refractivity contribution in [3.8, 4) is 0 Å². The number of hydrogen-bond donors (Lipinski definition) is 4. The molecule has 0 radical (unpaired) electrons. The van der Waals surface area contributed by atoms with E-state index >= 15 is 0 Å². The predicted molar refractivity (Wildman–Crippen MR) is 160 cm³/mol. The fourth-order valence-corrected chi connectivity index (χ4v) is 4.90. The van der Waals surface area contributed by atoms with Crippen LogP contribution in [0.5, 0.6) is 0 Å². The molecule has 1 aromatic heterocycles. The first-order valence-electron chi connectivity index (χ1n) is 13.7. The highest BCUT2D eigenvalue weighted by Crippen LogP contribution is 2.24. The second-order valence-electron chi connectivity index (χ2n) is 10.6. The smallest absolute Gasteiger partial charge is 0.331 e. The number of nitrogens with zero attached hydrogens (tertiary/aromatic N) is 2. The normalized spacial score (nSPS) is 16.3. The van der Waals surface area contributed by atoms with Crippen LogP contribution in [0.1, 0.15) is 42.2 Å². The van der Waals surface area contributed by atoms with Crippen molar-refractivity contribution in [3.63, 3.8) is 0 Å². The highest BCUT2D eigenvalue weighted by molar-refractivity contribution is 6.05. The van der Waals surface area contributed by atoms with Crippen molar-refractivity contribution in [2.45, 2.75) is 52.1 Å². The summed E-state index contributed by atoms with van der Waals surface area (Å²) in [5.41, 5.74) is 0.790. The number of cyclic esters (lactones) is 1. The fourth-order valence-electron chi connectivity index (χ4n) is 4.90. The van der Waals surface area contributed by atoms with Gasteiger partial charge < -0.3 is 25.8 Å². The number of ether oxygens (including phenoxy) is 1. The van der Waals surface area contributed by atoms with Gasteiger partial charge in [0.25, 0.3) is 11.5 Å². The molecule has 1 aliphatic heterocycles. The Balaban J connectivity index is 1.35. The average Bonchev–Trinajstić information content (AvgIpc) is 3.27. The minimum absolute atomic E-state index is 0.191. The largest absolute Gasteiger partial charge is 0.434 e. The lowest BCUT2D eigenvalue weighted by atomic mass is 10.1. The van der Waals surface area contributed by atoms with Crippen LogP contribution in [0.15, 0.2) is 76.4 Å². The van der Waals surface area contributed by atoms with Crippen molar-refractivity contribution in [2.24, 2.45) is 0 Å². The lowest BCUT2D eigenvalue weighted by Crippen LogP contribution is -2.48. The molecule has 3 aromatic carbocycles. The summed E-state index contributed by atoms with van der Waals surface area (Å²) in [6.07, 6.45) is -0.521. The third kappa shape index (κ3) is 6.33. The molecule has 4 aromatic rings. The molecule has 0 aliphatic carbocycles. The van der Waals surface area contributed by atoms with Gasteiger partial charge in [0.05, 0.1) is 6.42 Å². The maximum atomic E-state index is 13.3. The second-order valence-corrected chi connectivity index (χ2v) is 10.6. The lowest BCUT2D eigenvalue weighted by Gasteiger charge is -2.18. The van der Waals surface area contributed by atoms with Gasteiger partial charge in [-0.1, -0.05) is 30.3 Å². The number of nitrogens with one attached hydrogen (secondary N) is 3. The lowest BCUT2D eigenvalue weighted by molar-refractivity contribution is -0.155. The molecule has 1 fully saturated rings. The maximum Gasteiger partial charge on any atom is 0.331 e. The van der Waals surface area contributed by atoms with E-state index in [9.17, 15) is 29.1 Å². The molecule has 1 aliphatic rings. The molecule has 2 atom stereocenters. The van der Waals surface area contributed by atoms with E-state index in [4.69, 9.17) is 0 Å². The highest BCUT2D eigenvalue weighted by Gasteiger charge is 2.34. The third-order valence-electron chi connectivity index (χ3n) is 7.14. The number of esters is 1. The van der Waals surface area contributed by atoms with Crippen molar-refractivity contribution < 1.29 is 24.2 Å². The first-order chi connectivity index (χ1) is 20.5. The minimum atomic E-state index is -1.52. The Kier molecular flexibility index (Phi) is 8.13. The molecular weight excluding hydrogens is 554 g/mol. The summed E-state index contributed by atoms with van der Waals surface area (Å²) in [4.78, 5) is 63.6. The average molecular weight is 586 g/mol. The summed E-state index contributed by atoms with van der Waals surface area (Å²) in [7, 11) is 0. The Labute approximate surface area is 245 Å². The molecule has 222 valence electrons. The number of aromatic nitrogens is 2. The quantitative estimate of drug-likeness (QED) is 0.230. The van der Waals surface area contributed by atoms with Crippen LogP contribution in [0.4, 0.5) is 17.1 Å². The molecule has 0 bridgehead atoms. The van der Waals surface area contributed by atoms with E-state index in [-0.39, 0.29) is 12.1 Å². The van der Waals surface area contributed by atoms with E-state index in [0.717, 1.165) is 22.1 Å². The summed E-state index contributed by atoms with van der Waals surface area (Å²) in [5, 5.41) is 20.3. The van der Waals surface area contributed by atoms with Crippen LogP contribution >= 0.6 is 0 Å². The van der Waals surface area contributed by atoms with Crippen LogP contribution in [-0.2, 0) is 20.9 Å². The van der Waals surface area contributed by atoms with E-state index in [1.807, 2.05) is 48.5 Å². The van der Waals surface area contributed by atoms with E-state index in [1.165, 1.54) is 10.8 Å². The number of aliphatic hydroxyl groups is 1. The zero-order valence-electron chi connectivity index (χ0n) is 23.8. The fraction of sp³-hybridized carbons (Fsp3) is 0.258. The molecule has 5 rings (SSSR count). The standard InChI is InChI=1S/C31H31N5O7/c1-17(2)35-15-25(29(40)36(31(35)42)16-26(37)33-24-14-27(38)43-30(24)41)34-28(39)23-11-10-21(12-18(23)3)32-22-9-8-19-6-4-5-7-20(19)13-22/h4-13,15,17,24,30,32,41H,14,16H2,1-3H3,(H,33,37)(H,34,39). The van der Waals surface area contributed by atoms with Crippen molar-refractivity contribution in [1.82, 2.24) is 14.5 Å². The molecule has 1 saturated heterocycles. The number of rotatable bonds is 8. The number of carbonyl (C=O) groups excluding carboxylic acids is 3.